The summed E-state index contributed by atoms with van der Waals surface area (Å²) in [5, 5.41) is 6.73. The summed E-state index contributed by atoms with van der Waals surface area (Å²) in [6.45, 7) is 5.55. The lowest BCUT2D eigenvalue weighted by molar-refractivity contribution is 0.0561. The van der Waals surface area contributed by atoms with Crippen molar-refractivity contribution in [3.05, 3.63) is 71.9 Å². The molecule has 0 radical (unpaired) electrons. The van der Waals surface area contributed by atoms with Crippen molar-refractivity contribution < 1.29 is 27.8 Å². The highest BCUT2D eigenvalue weighted by Gasteiger charge is 2.45. The number of nitrogens with one attached hydrogen (secondary N) is 3. The van der Waals surface area contributed by atoms with Crippen molar-refractivity contribution in [2.45, 2.75) is 38.3 Å². The molecule has 37 heavy (non-hydrogen) atoms. The van der Waals surface area contributed by atoms with Gasteiger partial charge in [0.15, 0.2) is 11.5 Å². The van der Waals surface area contributed by atoms with Crippen LogP contribution in [0.2, 0.25) is 0 Å². The Bertz CT molecular complexity index is 1550. The Labute approximate surface area is 211 Å². The number of ether oxygens (including phenoxy) is 3. The van der Waals surface area contributed by atoms with Crippen LogP contribution < -0.4 is 20.1 Å². The molecule has 0 saturated heterocycles. The van der Waals surface area contributed by atoms with E-state index in [4.69, 9.17) is 14.2 Å². The third-order valence-electron chi connectivity index (χ3n) is 7.04. The van der Waals surface area contributed by atoms with Gasteiger partial charge in [-0.15, -0.1) is 0 Å². The van der Waals surface area contributed by atoms with Crippen molar-refractivity contribution in [1.82, 2.24) is 4.98 Å². The number of rotatable bonds is 3. The van der Waals surface area contributed by atoms with Gasteiger partial charge in [-0.1, -0.05) is 25.1 Å². The minimum absolute atomic E-state index is 0.120. The smallest absolute Gasteiger partial charge is 0.412 e. The molecule has 0 spiro atoms. The highest BCUT2D eigenvalue weighted by atomic mass is 19.1. The highest BCUT2D eigenvalue weighted by molar-refractivity contribution is 5.95. The molecule has 190 valence electrons. The first kappa shape index (κ1) is 23.1. The molecule has 3 heterocycles. The Morgan fingerprint density at radius 3 is 2.76 bits per heavy atom. The maximum atomic E-state index is 16.1. The van der Waals surface area contributed by atoms with Crippen molar-refractivity contribution in [2.24, 2.45) is 0 Å². The molecule has 0 saturated carbocycles. The highest BCUT2D eigenvalue weighted by Crippen LogP contribution is 2.46. The van der Waals surface area contributed by atoms with Gasteiger partial charge < -0.3 is 24.5 Å². The minimum atomic E-state index is -0.807. The Balaban J connectivity index is 1.33. The van der Waals surface area contributed by atoms with Gasteiger partial charge in [0.2, 0.25) is 6.79 Å². The minimum Gasteiger partial charge on any atom is -0.454 e. The van der Waals surface area contributed by atoms with Crippen LogP contribution in [0.5, 0.6) is 11.5 Å². The maximum Gasteiger partial charge on any atom is 0.412 e. The monoisotopic (exact) mass is 505 g/mol. The normalized spacial score (nSPS) is 19.3. The van der Waals surface area contributed by atoms with Crippen molar-refractivity contribution in [2.75, 3.05) is 17.4 Å². The van der Waals surface area contributed by atoms with Crippen molar-refractivity contribution in [1.29, 1.82) is 0 Å². The van der Waals surface area contributed by atoms with Gasteiger partial charge in [-0.05, 0) is 43.5 Å². The fourth-order valence-electron chi connectivity index (χ4n) is 5.40. The zero-order chi connectivity index (χ0) is 25.9. The summed E-state index contributed by atoms with van der Waals surface area (Å²) in [5.41, 5.74) is 1.22. The van der Waals surface area contributed by atoms with Crippen molar-refractivity contribution >= 4 is 28.4 Å². The first-order chi connectivity index (χ1) is 17.7. The zero-order valence-electron chi connectivity index (χ0n) is 20.4. The average Bonchev–Trinajstić information content (AvgIpc) is 3.50. The fraction of sp³-hybridized carbons (Fsp3) is 0.250. The number of fused-ring (bicyclic) bond motifs is 3. The molecule has 0 bridgehead atoms. The summed E-state index contributed by atoms with van der Waals surface area (Å²) in [4.78, 5) is 16.0. The number of halogens is 2. The quantitative estimate of drug-likeness (QED) is 0.286. The van der Waals surface area contributed by atoms with Crippen molar-refractivity contribution in [3.8, 4) is 22.6 Å². The Hall–Kier alpha value is -4.27. The van der Waals surface area contributed by atoms with E-state index in [0.717, 1.165) is 5.39 Å². The molecule has 2 aliphatic heterocycles. The van der Waals surface area contributed by atoms with Crippen LogP contribution in [0.4, 0.5) is 25.0 Å². The maximum absolute atomic E-state index is 16.1. The molecule has 2 atom stereocenters. The summed E-state index contributed by atoms with van der Waals surface area (Å²) < 4.78 is 48.0. The van der Waals surface area contributed by atoms with Gasteiger partial charge >= 0.3 is 6.09 Å². The molecule has 0 fully saturated rings. The van der Waals surface area contributed by atoms with Gasteiger partial charge in [-0.2, -0.15) is 0 Å². The number of carbonyl (C=O) groups is 1. The number of benzene rings is 3. The van der Waals surface area contributed by atoms with E-state index in [1.807, 2.05) is 26.0 Å². The van der Waals surface area contributed by atoms with E-state index >= 15 is 8.78 Å². The van der Waals surface area contributed by atoms with Gasteiger partial charge in [-0.25, -0.2) is 13.6 Å². The molecule has 7 nitrogen and oxygen atoms in total. The Morgan fingerprint density at radius 1 is 1.11 bits per heavy atom. The van der Waals surface area contributed by atoms with Crippen LogP contribution in [0.25, 0.3) is 22.0 Å². The molecule has 6 rings (SSSR count). The van der Waals surface area contributed by atoms with Crippen LogP contribution in [-0.4, -0.2) is 29.5 Å². The van der Waals surface area contributed by atoms with E-state index in [0.29, 0.717) is 34.0 Å². The molecule has 1 unspecified atom stereocenters. The molecular formula is C28H25F2N3O4. The summed E-state index contributed by atoms with van der Waals surface area (Å²) in [6.07, 6.45) is 0.272. The average molecular weight is 506 g/mol. The van der Waals surface area contributed by atoms with E-state index in [1.165, 1.54) is 6.07 Å². The van der Waals surface area contributed by atoms with Gasteiger partial charge in [0.05, 0.1) is 16.6 Å². The number of aromatic nitrogens is 1. The first-order valence-corrected chi connectivity index (χ1v) is 12.0. The second kappa shape index (κ2) is 8.40. The van der Waals surface area contributed by atoms with Crippen LogP contribution in [0.1, 0.15) is 32.3 Å². The van der Waals surface area contributed by atoms with Gasteiger partial charge in [0.25, 0.3) is 0 Å². The van der Waals surface area contributed by atoms with Crippen LogP contribution in [0.15, 0.2) is 54.7 Å². The van der Waals surface area contributed by atoms with Crippen LogP contribution >= 0.6 is 0 Å². The standard InChI is InChI=1S/C28H25F2N3O4/c1-14-22-19(12-18(29)23(24(22)30)17-6-4-5-15-9-10-31-25(15)17)33-28(2,3)26(14)37-27(34)32-16-7-8-20-21(11-16)36-13-35-20/h4-12,14,26,31,33H,13H2,1-3H3,(H,32,34)/t14-,26?/m0/s1. The zero-order valence-corrected chi connectivity index (χ0v) is 20.4. The first-order valence-electron chi connectivity index (χ1n) is 12.0. The SMILES string of the molecule is C[C@H]1c2c(cc(F)c(-c3cccc4cc[nH]c34)c2F)NC(C)(C)C1OC(=O)Nc1ccc2c(c1)OCO2. The van der Waals surface area contributed by atoms with E-state index in [1.54, 1.807) is 43.5 Å². The summed E-state index contributed by atoms with van der Waals surface area (Å²) in [5.74, 6) is -0.814. The molecule has 3 N–H and O–H groups in total. The molecule has 9 heteroatoms. The number of hydrogen-bond donors (Lipinski definition) is 3. The lowest BCUT2D eigenvalue weighted by Crippen LogP contribution is -2.52. The third-order valence-corrected chi connectivity index (χ3v) is 7.04. The number of aromatic amines is 1. The predicted molar refractivity (Wildman–Crippen MR) is 136 cm³/mol. The van der Waals surface area contributed by atoms with Gasteiger partial charge in [-0.3, -0.25) is 5.32 Å². The van der Waals surface area contributed by atoms with Gasteiger partial charge in [0, 0.05) is 40.7 Å². The van der Waals surface area contributed by atoms with E-state index in [2.05, 4.69) is 15.6 Å². The molecule has 1 aromatic heterocycles. The van der Waals surface area contributed by atoms with Crippen LogP contribution in [0, 0.1) is 11.6 Å². The Kier molecular flexibility index (Phi) is 5.25. The predicted octanol–water partition coefficient (Wildman–Crippen LogP) is 6.77. The summed E-state index contributed by atoms with van der Waals surface area (Å²) >= 11 is 0. The van der Waals surface area contributed by atoms with E-state index in [-0.39, 0.29) is 17.9 Å². The number of anilines is 2. The molecule has 3 aromatic carbocycles. The number of para-hydroxylation sites is 1. The lowest BCUT2D eigenvalue weighted by atomic mass is 9.77. The molecular weight excluding hydrogens is 480 g/mol. The Morgan fingerprint density at radius 2 is 1.92 bits per heavy atom. The van der Waals surface area contributed by atoms with Crippen LogP contribution in [-0.2, 0) is 4.74 Å². The van der Waals surface area contributed by atoms with Crippen molar-refractivity contribution in [3.63, 3.8) is 0 Å². The van der Waals surface area contributed by atoms with E-state index in [9.17, 15) is 4.79 Å². The molecule has 4 aromatic rings. The third kappa shape index (κ3) is 3.82. The summed E-state index contributed by atoms with van der Waals surface area (Å²) in [7, 11) is 0. The summed E-state index contributed by atoms with van der Waals surface area (Å²) in [6, 6.07) is 13.5. The number of carbonyl (C=O) groups excluding carboxylic acids is 1. The second-order valence-corrected chi connectivity index (χ2v) is 9.91. The second-order valence-electron chi connectivity index (χ2n) is 9.91. The molecule has 2 aliphatic rings. The molecule has 0 aliphatic carbocycles. The fourth-order valence-corrected chi connectivity index (χ4v) is 5.40. The van der Waals surface area contributed by atoms with E-state index < -0.39 is 35.3 Å². The number of H-pyrrole nitrogens is 1. The lowest BCUT2D eigenvalue weighted by Gasteiger charge is -2.44. The molecule has 1 amide bonds. The topological polar surface area (TPSA) is 84.6 Å². The number of amides is 1. The van der Waals surface area contributed by atoms with Gasteiger partial charge in [0.1, 0.15) is 17.7 Å². The number of hydrogen-bond acceptors (Lipinski definition) is 5. The largest absolute Gasteiger partial charge is 0.454 e. The van der Waals surface area contributed by atoms with Crippen LogP contribution in [0.3, 0.4) is 0 Å².